The first-order chi connectivity index (χ1) is 33.3. The summed E-state index contributed by atoms with van der Waals surface area (Å²) in [6, 6.07) is 97.9. The maximum Gasteiger partial charge on any atom is 0.0714 e. The van der Waals surface area contributed by atoms with Crippen LogP contribution in [0.5, 0.6) is 0 Å². The van der Waals surface area contributed by atoms with Gasteiger partial charge in [-0.1, -0.05) is 212 Å². The van der Waals surface area contributed by atoms with Crippen molar-refractivity contribution >= 4 is 49.6 Å². The number of para-hydroxylation sites is 3. The molecule has 0 amide bonds. The van der Waals surface area contributed by atoms with Crippen molar-refractivity contribution in [3.8, 4) is 39.1 Å². The first-order valence-corrected chi connectivity index (χ1v) is 23.2. The van der Waals surface area contributed by atoms with Crippen molar-refractivity contribution in [3.05, 3.63) is 289 Å². The summed E-state index contributed by atoms with van der Waals surface area (Å²) in [5, 5.41) is 4.88. The standard InChI is InChI=1S/C65H44N2/c1-4-25-49(26-5-1)65(50-27-6-2-7-28-50)57-35-15-12-34-55(57)64-58(65)36-20-40-63(64)67-61-38-17-14-33-54(61)56-44-47(41-42-62(56)67)46-23-18-24-48(43-46)53-32-13-16-37-59(53)66(51-29-8-3-9-30-51)60-39-19-22-45-21-10-11-31-52(45)60/h1-44H. The van der Waals surface area contributed by atoms with Gasteiger partial charge in [0.05, 0.1) is 33.5 Å². The number of benzene rings is 11. The van der Waals surface area contributed by atoms with Crippen molar-refractivity contribution in [2.45, 2.75) is 5.41 Å². The molecule has 67 heavy (non-hydrogen) atoms. The molecule has 1 aliphatic rings. The maximum absolute atomic E-state index is 2.51. The van der Waals surface area contributed by atoms with Gasteiger partial charge in [-0.2, -0.15) is 0 Å². The zero-order valence-corrected chi connectivity index (χ0v) is 36.8. The molecule has 314 valence electrons. The maximum atomic E-state index is 2.51. The Bertz CT molecular complexity index is 3770. The van der Waals surface area contributed by atoms with E-state index in [4.69, 9.17) is 0 Å². The van der Waals surface area contributed by atoms with Crippen molar-refractivity contribution in [1.82, 2.24) is 4.57 Å². The van der Waals surface area contributed by atoms with Crippen LogP contribution in [0.3, 0.4) is 0 Å². The van der Waals surface area contributed by atoms with Crippen LogP contribution < -0.4 is 4.90 Å². The first-order valence-electron chi connectivity index (χ1n) is 23.2. The smallest absolute Gasteiger partial charge is 0.0714 e. The summed E-state index contributed by atoms with van der Waals surface area (Å²) in [7, 11) is 0. The third-order valence-electron chi connectivity index (χ3n) is 14.0. The second-order valence-electron chi connectivity index (χ2n) is 17.6. The van der Waals surface area contributed by atoms with E-state index in [-0.39, 0.29) is 0 Å². The van der Waals surface area contributed by atoms with Crippen LogP contribution in [-0.2, 0) is 5.41 Å². The topological polar surface area (TPSA) is 8.17 Å². The summed E-state index contributed by atoms with van der Waals surface area (Å²) in [6.07, 6.45) is 0. The molecule has 11 aromatic carbocycles. The van der Waals surface area contributed by atoms with Crippen LogP contribution in [-0.4, -0.2) is 4.57 Å². The summed E-state index contributed by atoms with van der Waals surface area (Å²) in [6.45, 7) is 0. The van der Waals surface area contributed by atoms with E-state index < -0.39 is 5.41 Å². The lowest BCUT2D eigenvalue weighted by atomic mass is 9.68. The average Bonchev–Trinajstić information content (AvgIpc) is 3.90. The Labute approximate surface area is 390 Å². The van der Waals surface area contributed by atoms with E-state index in [0.717, 1.165) is 22.6 Å². The third kappa shape index (κ3) is 6.04. The summed E-state index contributed by atoms with van der Waals surface area (Å²) in [4.78, 5) is 2.41. The molecule has 2 nitrogen and oxygen atoms in total. The molecule has 0 saturated heterocycles. The molecule has 1 aromatic heterocycles. The van der Waals surface area contributed by atoms with Crippen LogP contribution in [0.15, 0.2) is 267 Å². The van der Waals surface area contributed by atoms with Gasteiger partial charge in [-0.05, 0) is 104 Å². The van der Waals surface area contributed by atoms with Crippen LogP contribution in [0.2, 0.25) is 0 Å². The van der Waals surface area contributed by atoms with Crippen LogP contribution >= 0.6 is 0 Å². The van der Waals surface area contributed by atoms with Crippen molar-refractivity contribution in [3.63, 3.8) is 0 Å². The first kappa shape index (κ1) is 38.7. The molecular formula is C65H44N2. The molecule has 0 N–H and O–H groups in total. The molecule has 0 atom stereocenters. The lowest BCUT2D eigenvalue weighted by Crippen LogP contribution is -2.28. The van der Waals surface area contributed by atoms with Gasteiger partial charge in [0.1, 0.15) is 0 Å². The van der Waals surface area contributed by atoms with E-state index in [1.807, 2.05) is 0 Å². The second kappa shape index (κ2) is 15.8. The molecule has 1 aliphatic carbocycles. The molecule has 0 radical (unpaired) electrons. The minimum atomic E-state index is -0.479. The Hall–Kier alpha value is -8.72. The summed E-state index contributed by atoms with van der Waals surface area (Å²) in [5.74, 6) is 0. The zero-order chi connectivity index (χ0) is 44.3. The highest BCUT2D eigenvalue weighted by molar-refractivity contribution is 6.11. The van der Waals surface area contributed by atoms with Gasteiger partial charge in [0.25, 0.3) is 0 Å². The number of hydrogen-bond acceptors (Lipinski definition) is 1. The Kier molecular flexibility index (Phi) is 9.11. The Morgan fingerprint density at radius 3 is 1.69 bits per heavy atom. The molecule has 0 aliphatic heterocycles. The van der Waals surface area contributed by atoms with E-state index in [9.17, 15) is 0 Å². The molecule has 1 heterocycles. The molecule has 0 fully saturated rings. The summed E-state index contributed by atoms with van der Waals surface area (Å²) < 4.78 is 2.51. The summed E-state index contributed by atoms with van der Waals surface area (Å²) >= 11 is 0. The molecule has 2 heteroatoms. The third-order valence-corrected chi connectivity index (χ3v) is 14.0. The fraction of sp³-hybridized carbons (Fsp3) is 0.0154. The van der Waals surface area contributed by atoms with E-state index in [1.54, 1.807) is 0 Å². The van der Waals surface area contributed by atoms with Crippen molar-refractivity contribution < 1.29 is 0 Å². The molecule has 0 bridgehead atoms. The van der Waals surface area contributed by atoms with Crippen LogP contribution in [0.1, 0.15) is 22.3 Å². The highest BCUT2D eigenvalue weighted by Crippen LogP contribution is 2.58. The zero-order valence-electron chi connectivity index (χ0n) is 36.8. The van der Waals surface area contributed by atoms with E-state index in [1.165, 1.54) is 88.3 Å². The van der Waals surface area contributed by atoms with Gasteiger partial charge >= 0.3 is 0 Å². The molecule has 0 spiro atoms. The van der Waals surface area contributed by atoms with Crippen molar-refractivity contribution in [2.24, 2.45) is 0 Å². The van der Waals surface area contributed by atoms with Gasteiger partial charge < -0.3 is 9.47 Å². The lowest BCUT2D eigenvalue weighted by Gasteiger charge is -2.34. The fourth-order valence-corrected chi connectivity index (χ4v) is 11.2. The Morgan fingerprint density at radius 2 is 0.881 bits per heavy atom. The van der Waals surface area contributed by atoms with E-state index in [2.05, 4.69) is 276 Å². The molecule has 13 rings (SSSR count). The molecule has 0 saturated carbocycles. The number of hydrogen-bond donors (Lipinski definition) is 0. The predicted molar refractivity (Wildman–Crippen MR) is 281 cm³/mol. The predicted octanol–water partition coefficient (Wildman–Crippen LogP) is 17.1. The Balaban J connectivity index is 0.973. The normalized spacial score (nSPS) is 12.6. The van der Waals surface area contributed by atoms with Gasteiger partial charge in [0.15, 0.2) is 0 Å². The van der Waals surface area contributed by atoms with Gasteiger partial charge in [0, 0.05) is 33.0 Å². The Morgan fingerprint density at radius 1 is 0.328 bits per heavy atom. The highest BCUT2D eigenvalue weighted by Gasteiger charge is 2.47. The molecule has 12 aromatic rings. The second-order valence-corrected chi connectivity index (χ2v) is 17.6. The SMILES string of the molecule is c1ccc(N(c2ccccc2-c2cccc(-c3ccc4c(c3)c3ccccc3n4-c3cccc4c3-c3ccccc3C4(c3ccccc3)c3ccccc3)c2)c2cccc3ccccc23)cc1. The van der Waals surface area contributed by atoms with Crippen LogP contribution in [0.4, 0.5) is 17.1 Å². The quantitative estimate of drug-likeness (QED) is 0.148. The molecular weight excluding hydrogens is 809 g/mol. The van der Waals surface area contributed by atoms with Crippen LogP contribution in [0, 0.1) is 0 Å². The van der Waals surface area contributed by atoms with Crippen molar-refractivity contribution in [1.29, 1.82) is 0 Å². The van der Waals surface area contributed by atoms with E-state index in [0.29, 0.717) is 0 Å². The van der Waals surface area contributed by atoms with E-state index >= 15 is 0 Å². The minimum Gasteiger partial charge on any atom is -0.309 e. The fourth-order valence-electron chi connectivity index (χ4n) is 11.2. The van der Waals surface area contributed by atoms with Crippen molar-refractivity contribution in [2.75, 3.05) is 4.90 Å². The largest absolute Gasteiger partial charge is 0.309 e. The highest BCUT2D eigenvalue weighted by atomic mass is 15.1. The lowest BCUT2D eigenvalue weighted by molar-refractivity contribution is 0.768. The number of aromatic nitrogens is 1. The number of rotatable bonds is 8. The minimum absolute atomic E-state index is 0.479. The number of nitrogens with zero attached hydrogens (tertiary/aromatic N) is 2. The van der Waals surface area contributed by atoms with Gasteiger partial charge in [-0.15, -0.1) is 0 Å². The average molecular weight is 853 g/mol. The van der Waals surface area contributed by atoms with Gasteiger partial charge in [-0.25, -0.2) is 0 Å². The van der Waals surface area contributed by atoms with Gasteiger partial charge in [0.2, 0.25) is 0 Å². The van der Waals surface area contributed by atoms with Crippen LogP contribution in [0.25, 0.3) is 71.6 Å². The number of anilines is 3. The number of fused-ring (bicyclic) bond motifs is 7. The molecule has 0 unspecified atom stereocenters. The van der Waals surface area contributed by atoms with Gasteiger partial charge in [-0.3, -0.25) is 0 Å². The monoisotopic (exact) mass is 852 g/mol. The summed E-state index contributed by atoms with van der Waals surface area (Å²) in [5.41, 5.74) is 18.8.